The van der Waals surface area contributed by atoms with E-state index in [0.29, 0.717) is 13.2 Å². The molecule has 0 bridgehead atoms. The summed E-state index contributed by atoms with van der Waals surface area (Å²) in [7, 11) is 3.36. The molecule has 5 nitrogen and oxygen atoms in total. The van der Waals surface area contributed by atoms with E-state index in [4.69, 9.17) is 18.9 Å². The molecule has 0 amide bonds. The van der Waals surface area contributed by atoms with Gasteiger partial charge in [0, 0.05) is 31.3 Å². The van der Waals surface area contributed by atoms with Crippen LogP contribution in [0.5, 0.6) is 11.5 Å². The van der Waals surface area contributed by atoms with Crippen LogP contribution in [0.3, 0.4) is 0 Å². The van der Waals surface area contributed by atoms with Gasteiger partial charge in [0.05, 0.1) is 39.6 Å². The third-order valence-electron chi connectivity index (χ3n) is 4.71. The Morgan fingerprint density at radius 1 is 1.04 bits per heavy atom. The van der Waals surface area contributed by atoms with Crippen LogP contribution in [-0.4, -0.2) is 51.0 Å². The zero-order valence-corrected chi connectivity index (χ0v) is 16.4. The molecule has 0 spiro atoms. The summed E-state index contributed by atoms with van der Waals surface area (Å²) in [5, 5.41) is 0. The fourth-order valence-corrected chi connectivity index (χ4v) is 3.47. The van der Waals surface area contributed by atoms with Gasteiger partial charge in [-0.15, -0.1) is 0 Å². The highest BCUT2D eigenvalue weighted by molar-refractivity contribution is 5.40. The van der Waals surface area contributed by atoms with Gasteiger partial charge in [0.25, 0.3) is 0 Å². The number of benzene rings is 2. The number of nitrogens with zero attached hydrogens (tertiary/aromatic N) is 1. The minimum absolute atomic E-state index is 0.0710. The largest absolute Gasteiger partial charge is 0.497 e. The Bertz CT molecular complexity index is 707. The predicted octanol–water partition coefficient (Wildman–Crippen LogP) is 3.51. The summed E-state index contributed by atoms with van der Waals surface area (Å²) >= 11 is 0. The number of morpholine rings is 1. The van der Waals surface area contributed by atoms with E-state index in [9.17, 15) is 0 Å². The molecule has 1 fully saturated rings. The van der Waals surface area contributed by atoms with Crippen molar-refractivity contribution in [2.24, 2.45) is 0 Å². The minimum atomic E-state index is 0.0710. The van der Waals surface area contributed by atoms with Crippen molar-refractivity contribution in [1.82, 2.24) is 4.90 Å². The summed E-state index contributed by atoms with van der Waals surface area (Å²) in [5.74, 6) is 1.66. The lowest BCUT2D eigenvalue weighted by Gasteiger charge is -2.37. The Labute approximate surface area is 161 Å². The second-order valence-electron chi connectivity index (χ2n) is 6.94. The number of rotatable bonds is 8. The lowest BCUT2D eigenvalue weighted by molar-refractivity contribution is -0.111. The first-order valence-corrected chi connectivity index (χ1v) is 9.38. The van der Waals surface area contributed by atoms with Crippen molar-refractivity contribution in [3.8, 4) is 11.5 Å². The van der Waals surface area contributed by atoms with Crippen LogP contribution < -0.4 is 9.47 Å². The highest BCUT2D eigenvalue weighted by Gasteiger charge is 2.26. The number of hydrogen-bond acceptors (Lipinski definition) is 5. The van der Waals surface area contributed by atoms with Gasteiger partial charge >= 0.3 is 0 Å². The maximum atomic E-state index is 6.07. The van der Waals surface area contributed by atoms with Crippen molar-refractivity contribution in [1.29, 1.82) is 0 Å². The van der Waals surface area contributed by atoms with Crippen LogP contribution in [-0.2, 0) is 22.6 Å². The molecular formula is C22H29NO4. The predicted molar refractivity (Wildman–Crippen MR) is 105 cm³/mol. The summed E-state index contributed by atoms with van der Waals surface area (Å²) in [6, 6.07) is 16.2. The monoisotopic (exact) mass is 371 g/mol. The smallest absolute Gasteiger partial charge is 0.127 e. The molecule has 2 aromatic rings. The lowest BCUT2D eigenvalue weighted by Crippen LogP contribution is -2.47. The Morgan fingerprint density at radius 3 is 2.59 bits per heavy atom. The maximum Gasteiger partial charge on any atom is 0.127 e. The summed E-state index contributed by atoms with van der Waals surface area (Å²) < 4.78 is 22.8. The number of ether oxygens (including phenoxy) is 4. The Balaban J connectivity index is 1.55. The molecule has 27 heavy (non-hydrogen) atoms. The molecule has 0 saturated carbocycles. The standard InChI is InChI=1S/C22H29NO4/c1-17-12-23(13-19-9-10-20(24-2)11-22(19)25-3)14-21(27-17)16-26-15-18-7-5-4-6-8-18/h4-11,17,21H,12-16H2,1-3H3/t17?,21-/m1/s1. The van der Waals surface area contributed by atoms with Gasteiger partial charge in [0.1, 0.15) is 11.5 Å². The average Bonchev–Trinajstić information content (AvgIpc) is 2.69. The zero-order valence-electron chi connectivity index (χ0n) is 16.4. The van der Waals surface area contributed by atoms with Crippen LogP contribution >= 0.6 is 0 Å². The molecule has 3 rings (SSSR count). The van der Waals surface area contributed by atoms with Crippen LogP contribution in [0.1, 0.15) is 18.1 Å². The highest BCUT2D eigenvalue weighted by atomic mass is 16.5. The molecule has 0 aromatic heterocycles. The van der Waals surface area contributed by atoms with Gasteiger partial charge in [-0.25, -0.2) is 0 Å². The van der Waals surface area contributed by atoms with Gasteiger partial charge in [-0.1, -0.05) is 36.4 Å². The van der Waals surface area contributed by atoms with Crippen LogP contribution in [0.15, 0.2) is 48.5 Å². The average molecular weight is 371 g/mol. The third-order valence-corrected chi connectivity index (χ3v) is 4.71. The third kappa shape index (κ3) is 5.70. The van der Waals surface area contributed by atoms with Gasteiger partial charge in [0.2, 0.25) is 0 Å². The summed E-state index contributed by atoms with van der Waals surface area (Å²) in [6.07, 6.45) is 0.245. The van der Waals surface area contributed by atoms with E-state index in [1.807, 2.05) is 30.3 Å². The van der Waals surface area contributed by atoms with E-state index in [-0.39, 0.29) is 12.2 Å². The van der Waals surface area contributed by atoms with Crippen molar-refractivity contribution in [3.05, 3.63) is 59.7 Å². The lowest BCUT2D eigenvalue weighted by atomic mass is 10.1. The fraction of sp³-hybridized carbons (Fsp3) is 0.455. The molecule has 0 N–H and O–H groups in total. The SMILES string of the molecule is COc1ccc(CN2CC(C)O[C@@H](COCc3ccccc3)C2)c(OC)c1. The van der Waals surface area contributed by atoms with Crippen LogP contribution in [0.25, 0.3) is 0 Å². The van der Waals surface area contributed by atoms with Crippen molar-refractivity contribution in [2.45, 2.75) is 32.3 Å². The molecule has 146 valence electrons. The van der Waals surface area contributed by atoms with Crippen molar-refractivity contribution >= 4 is 0 Å². The highest BCUT2D eigenvalue weighted by Crippen LogP contribution is 2.26. The molecule has 1 heterocycles. The molecule has 1 aliphatic heterocycles. The van der Waals surface area contributed by atoms with E-state index < -0.39 is 0 Å². The van der Waals surface area contributed by atoms with Crippen molar-refractivity contribution < 1.29 is 18.9 Å². The summed E-state index contributed by atoms with van der Waals surface area (Å²) in [5.41, 5.74) is 2.33. The number of methoxy groups -OCH3 is 2. The fourth-order valence-electron chi connectivity index (χ4n) is 3.47. The molecule has 1 aliphatic rings. The topological polar surface area (TPSA) is 40.2 Å². The normalized spacial score (nSPS) is 20.4. The van der Waals surface area contributed by atoms with Gasteiger partial charge in [-0.05, 0) is 18.6 Å². The Hall–Kier alpha value is -2.08. The molecule has 2 aromatic carbocycles. The van der Waals surface area contributed by atoms with E-state index in [2.05, 4.69) is 30.0 Å². The van der Waals surface area contributed by atoms with Gasteiger partial charge in [-0.2, -0.15) is 0 Å². The van der Waals surface area contributed by atoms with Crippen LogP contribution in [0.4, 0.5) is 0 Å². The molecule has 5 heteroatoms. The summed E-state index contributed by atoms with van der Waals surface area (Å²) in [4.78, 5) is 2.40. The second kappa shape index (κ2) is 9.74. The van der Waals surface area contributed by atoms with Gasteiger partial charge in [-0.3, -0.25) is 4.90 Å². The molecule has 2 atom stereocenters. The minimum Gasteiger partial charge on any atom is -0.497 e. The van der Waals surface area contributed by atoms with Crippen molar-refractivity contribution in [2.75, 3.05) is 33.9 Å². The second-order valence-corrected chi connectivity index (χ2v) is 6.94. The van der Waals surface area contributed by atoms with E-state index in [0.717, 1.165) is 36.7 Å². The van der Waals surface area contributed by atoms with E-state index in [1.54, 1.807) is 14.2 Å². The quantitative estimate of drug-likeness (QED) is 0.710. The molecule has 1 saturated heterocycles. The first kappa shape index (κ1) is 19.7. The Kier molecular flexibility index (Phi) is 7.10. The number of hydrogen-bond donors (Lipinski definition) is 0. The van der Waals surface area contributed by atoms with Crippen LogP contribution in [0.2, 0.25) is 0 Å². The first-order chi connectivity index (χ1) is 13.2. The van der Waals surface area contributed by atoms with Gasteiger partial charge < -0.3 is 18.9 Å². The van der Waals surface area contributed by atoms with Crippen molar-refractivity contribution in [3.63, 3.8) is 0 Å². The first-order valence-electron chi connectivity index (χ1n) is 9.38. The molecule has 0 radical (unpaired) electrons. The molecule has 0 aliphatic carbocycles. The Morgan fingerprint density at radius 2 is 1.85 bits per heavy atom. The van der Waals surface area contributed by atoms with Crippen LogP contribution in [0, 0.1) is 0 Å². The van der Waals surface area contributed by atoms with Gasteiger partial charge in [0.15, 0.2) is 0 Å². The molecular weight excluding hydrogens is 342 g/mol. The summed E-state index contributed by atoms with van der Waals surface area (Å²) in [6.45, 7) is 5.87. The maximum absolute atomic E-state index is 6.07. The zero-order chi connectivity index (χ0) is 19.1. The van der Waals surface area contributed by atoms with E-state index >= 15 is 0 Å². The molecule has 1 unspecified atom stereocenters. The van der Waals surface area contributed by atoms with E-state index in [1.165, 1.54) is 5.56 Å².